The van der Waals surface area contributed by atoms with Gasteiger partial charge in [-0.2, -0.15) is 5.10 Å². The van der Waals surface area contributed by atoms with Gasteiger partial charge in [0.2, 0.25) is 0 Å². The summed E-state index contributed by atoms with van der Waals surface area (Å²) in [5, 5.41) is 6.47. The van der Waals surface area contributed by atoms with Crippen molar-refractivity contribution >= 4 is 27.7 Å². The number of halogens is 2. The van der Waals surface area contributed by atoms with Gasteiger partial charge in [0.1, 0.15) is 11.6 Å². The van der Waals surface area contributed by atoms with Crippen molar-refractivity contribution in [3.8, 4) is 0 Å². The monoisotopic (exact) mass is 297 g/mol. The van der Waals surface area contributed by atoms with E-state index < -0.39 is 11.7 Å². The smallest absolute Gasteiger partial charge is 0.259 e. The van der Waals surface area contributed by atoms with Crippen LogP contribution in [0.4, 0.5) is 10.2 Å². The van der Waals surface area contributed by atoms with E-state index in [1.165, 1.54) is 16.8 Å². The van der Waals surface area contributed by atoms with Crippen LogP contribution < -0.4 is 5.32 Å². The lowest BCUT2D eigenvalue weighted by Crippen LogP contribution is -2.16. The first-order chi connectivity index (χ1) is 8.08. The highest BCUT2D eigenvalue weighted by molar-refractivity contribution is 9.10. The van der Waals surface area contributed by atoms with Gasteiger partial charge in [0, 0.05) is 17.6 Å². The van der Waals surface area contributed by atoms with Gasteiger partial charge in [-0.05, 0) is 18.2 Å². The second-order valence-electron chi connectivity index (χ2n) is 3.42. The standard InChI is InChI=1S/C11H9BrFN3O/c1-16-10(4-5-14-16)15-11(17)8-3-2-7(12)6-9(8)13/h2-6H,1H3,(H,15,17). The summed E-state index contributed by atoms with van der Waals surface area (Å²) < 4.78 is 15.6. The quantitative estimate of drug-likeness (QED) is 0.926. The Bertz CT molecular complexity index is 568. The lowest BCUT2D eigenvalue weighted by molar-refractivity contribution is 0.102. The molecule has 2 aromatic rings. The van der Waals surface area contributed by atoms with Crippen LogP contribution in [0.15, 0.2) is 34.9 Å². The molecule has 4 nitrogen and oxygen atoms in total. The third kappa shape index (κ3) is 2.52. The molecule has 0 atom stereocenters. The molecule has 1 heterocycles. The Balaban J connectivity index is 2.23. The molecule has 0 radical (unpaired) electrons. The van der Waals surface area contributed by atoms with E-state index in [0.717, 1.165) is 0 Å². The van der Waals surface area contributed by atoms with Crippen molar-refractivity contribution < 1.29 is 9.18 Å². The molecule has 1 amide bonds. The second kappa shape index (κ2) is 4.67. The normalized spacial score (nSPS) is 10.3. The van der Waals surface area contributed by atoms with E-state index in [9.17, 15) is 9.18 Å². The zero-order chi connectivity index (χ0) is 12.4. The molecule has 1 N–H and O–H groups in total. The molecule has 0 unspecified atom stereocenters. The Morgan fingerprint density at radius 3 is 2.82 bits per heavy atom. The third-order valence-corrected chi connectivity index (χ3v) is 2.73. The summed E-state index contributed by atoms with van der Waals surface area (Å²) in [5.41, 5.74) is -0.00519. The van der Waals surface area contributed by atoms with Crippen molar-refractivity contribution in [2.75, 3.05) is 5.32 Å². The first-order valence-corrected chi connectivity index (χ1v) is 5.61. The number of hydrogen-bond donors (Lipinski definition) is 1. The van der Waals surface area contributed by atoms with Crippen LogP contribution in [0.1, 0.15) is 10.4 Å². The van der Waals surface area contributed by atoms with E-state index in [2.05, 4.69) is 26.3 Å². The molecule has 0 aliphatic heterocycles. The minimum atomic E-state index is -0.570. The predicted octanol–water partition coefficient (Wildman–Crippen LogP) is 2.57. The number of rotatable bonds is 2. The molecule has 0 aliphatic rings. The van der Waals surface area contributed by atoms with Gasteiger partial charge in [0.15, 0.2) is 0 Å². The van der Waals surface area contributed by atoms with E-state index >= 15 is 0 Å². The van der Waals surface area contributed by atoms with Gasteiger partial charge in [-0.3, -0.25) is 9.48 Å². The molecule has 0 aliphatic carbocycles. The van der Waals surface area contributed by atoms with Gasteiger partial charge in [0.25, 0.3) is 5.91 Å². The lowest BCUT2D eigenvalue weighted by atomic mass is 10.2. The molecular weight excluding hydrogens is 289 g/mol. The minimum Gasteiger partial charge on any atom is -0.307 e. The maximum absolute atomic E-state index is 13.5. The van der Waals surface area contributed by atoms with Gasteiger partial charge >= 0.3 is 0 Å². The number of aromatic nitrogens is 2. The zero-order valence-electron chi connectivity index (χ0n) is 8.95. The second-order valence-corrected chi connectivity index (χ2v) is 4.33. The topological polar surface area (TPSA) is 46.9 Å². The largest absolute Gasteiger partial charge is 0.307 e. The van der Waals surface area contributed by atoms with Crippen LogP contribution in [0.25, 0.3) is 0 Å². The van der Waals surface area contributed by atoms with E-state index in [0.29, 0.717) is 10.3 Å². The first kappa shape index (κ1) is 11.8. The fourth-order valence-corrected chi connectivity index (χ4v) is 1.69. The molecule has 1 aromatic heterocycles. The molecule has 0 saturated heterocycles. The number of hydrogen-bond acceptors (Lipinski definition) is 2. The van der Waals surface area contributed by atoms with Crippen molar-refractivity contribution in [1.82, 2.24) is 9.78 Å². The highest BCUT2D eigenvalue weighted by Crippen LogP contribution is 2.16. The Labute approximate surface area is 106 Å². The average Bonchev–Trinajstić information content (AvgIpc) is 2.64. The fourth-order valence-electron chi connectivity index (χ4n) is 1.35. The van der Waals surface area contributed by atoms with Gasteiger partial charge < -0.3 is 5.32 Å². The number of nitrogens with one attached hydrogen (secondary N) is 1. The van der Waals surface area contributed by atoms with Crippen LogP contribution in [-0.2, 0) is 7.05 Å². The molecular formula is C11H9BrFN3O. The van der Waals surface area contributed by atoms with Crippen molar-refractivity contribution in [3.63, 3.8) is 0 Å². The highest BCUT2D eigenvalue weighted by atomic mass is 79.9. The lowest BCUT2D eigenvalue weighted by Gasteiger charge is -2.06. The van der Waals surface area contributed by atoms with Gasteiger partial charge in [0.05, 0.1) is 11.8 Å². The Morgan fingerprint density at radius 1 is 1.47 bits per heavy atom. The molecule has 0 fully saturated rings. The van der Waals surface area contributed by atoms with Crippen molar-refractivity contribution in [2.45, 2.75) is 0 Å². The Hall–Kier alpha value is -1.69. The van der Waals surface area contributed by atoms with E-state index in [-0.39, 0.29) is 5.56 Å². The number of carbonyl (C=O) groups excluding carboxylic acids is 1. The highest BCUT2D eigenvalue weighted by Gasteiger charge is 2.13. The van der Waals surface area contributed by atoms with Crippen LogP contribution in [-0.4, -0.2) is 15.7 Å². The molecule has 1 aromatic carbocycles. The Kier molecular flexibility index (Phi) is 3.23. The summed E-state index contributed by atoms with van der Waals surface area (Å²) in [6.45, 7) is 0. The van der Waals surface area contributed by atoms with E-state index in [1.54, 1.807) is 25.4 Å². The summed E-state index contributed by atoms with van der Waals surface area (Å²) in [6.07, 6.45) is 1.55. The van der Waals surface area contributed by atoms with Crippen molar-refractivity contribution in [3.05, 3.63) is 46.3 Å². The predicted molar refractivity (Wildman–Crippen MR) is 65.3 cm³/mol. The average molecular weight is 298 g/mol. The van der Waals surface area contributed by atoms with Crippen LogP contribution in [0.3, 0.4) is 0 Å². The maximum atomic E-state index is 13.5. The maximum Gasteiger partial charge on any atom is 0.259 e. The first-order valence-electron chi connectivity index (χ1n) is 4.82. The molecule has 0 spiro atoms. The van der Waals surface area contributed by atoms with Crippen LogP contribution >= 0.6 is 15.9 Å². The van der Waals surface area contributed by atoms with Crippen LogP contribution in [0.5, 0.6) is 0 Å². The van der Waals surface area contributed by atoms with Gasteiger partial charge in [-0.15, -0.1) is 0 Å². The van der Waals surface area contributed by atoms with Crippen molar-refractivity contribution in [1.29, 1.82) is 0 Å². The van der Waals surface area contributed by atoms with Gasteiger partial charge in [-0.25, -0.2) is 4.39 Å². The number of anilines is 1. The molecule has 0 saturated carbocycles. The molecule has 2 rings (SSSR count). The number of benzene rings is 1. The number of nitrogens with zero attached hydrogens (tertiary/aromatic N) is 2. The fraction of sp³-hybridized carbons (Fsp3) is 0.0909. The summed E-state index contributed by atoms with van der Waals surface area (Å²) in [6, 6.07) is 5.92. The van der Waals surface area contributed by atoms with E-state index in [4.69, 9.17) is 0 Å². The summed E-state index contributed by atoms with van der Waals surface area (Å²) in [7, 11) is 1.69. The number of carbonyl (C=O) groups is 1. The summed E-state index contributed by atoms with van der Waals surface area (Å²) in [5.74, 6) is -0.560. The molecule has 17 heavy (non-hydrogen) atoms. The SMILES string of the molecule is Cn1nccc1NC(=O)c1ccc(Br)cc1F. The van der Waals surface area contributed by atoms with Crippen molar-refractivity contribution in [2.24, 2.45) is 7.05 Å². The van der Waals surface area contributed by atoms with E-state index in [1.807, 2.05) is 0 Å². The minimum absolute atomic E-state index is 0.00519. The molecule has 6 heteroatoms. The number of aryl methyl sites for hydroxylation is 1. The number of amides is 1. The van der Waals surface area contributed by atoms with Crippen LogP contribution in [0.2, 0.25) is 0 Å². The zero-order valence-corrected chi connectivity index (χ0v) is 10.5. The third-order valence-electron chi connectivity index (χ3n) is 2.24. The molecule has 88 valence electrons. The van der Waals surface area contributed by atoms with Gasteiger partial charge in [-0.1, -0.05) is 15.9 Å². The summed E-state index contributed by atoms with van der Waals surface area (Å²) >= 11 is 3.13. The summed E-state index contributed by atoms with van der Waals surface area (Å²) in [4.78, 5) is 11.8. The van der Waals surface area contributed by atoms with Crippen LogP contribution in [0, 0.1) is 5.82 Å². The Morgan fingerprint density at radius 2 is 2.24 bits per heavy atom. The molecule has 0 bridgehead atoms.